The van der Waals surface area contributed by atoms with Gasteiger partial charge in [-0.1, -0.05) is 30.7 Å². The number of ether oxygens (including phenoxy) is 2. The number of hydrogen-bond acceptors (Lipinski definition) is 8. The van der Waals surface area contributed by atoms with Crippen LogP contribution in [0.15, 0.2) is 48.1 Å². The Balaban J connectivity index is 1.25. The van der Waals surface area contributed by atoms with Crippen LogP contribution >= 0.6 is 0 Å². The molecule has 4 aliphatic carbocycles. The van der Waals surface area contributed by atoms with Gasteiger partial charge >= 0.3 is 6.16 Å². The number of para-hydroxylation sites is 1. The molecule has 3 saturated carbocycles. The van der Waals surface area contributed by atoms with Gasteiger partial charge < -0.3 is 14.6 Å². The summed E-state index contributed by atoms with van der Waals surface area (Å²) < 4.78 is 27.1. The molecule has 208 valence electrons. The van der Waals surface area contributed by atoms with E-state index >= 15 is 4.39 Å². The number of carbonyl (C=O) groups excluding carboxylic acids is 3. The van der Waals surface area contributed by atoms with Crippen LogP contribution in [0.5, 0.6) is 0 Å². The molecule has 0 heterocycles. The van der Waals surface area contributed by atoms with Crippen LogP contribution < -0.4 is 0 Å². The number of ketones is 2. The van der Waals surface area contributed by atoms with E-state index in [9.17, 15) is 29.6 Å². The Morgan fingerprint density at radius 1 is 1.15 bits per heavy atom. The number of carbonyl (C=O) groups is 3. The molecule has 4 aliphatic rings. The first kappa shape index (κ1) is 27.2. The lowest BCUT2D eigenvalue weighted by atomic mass is 9.45. The zero-order valence-corrected chi connectivity index (χ0v) is 21.9. The van der Waals surface area contributed by atoms with Crippen LogP contribution in [-0.2, 0) is 25.7 Å². The van der Waals surface area contributed by atoms with Gasteiger partial charge in [0.1, 0.15) is 6.61 Å². The molecular formula is C29H32FNO8. The number of rotatable bonds is 6. The number of alkyl halides is 1. The number of aliphatic hydroxyl groups is 1. The predicted octanol–water partition coefficient (Wildman–Crippen LogP) is 4.80. The normalized spacial score (nSPS) is 36.7. The zero-order chi connectivity index (χ0) is 28.2. The maximum absolute atomic E-state index is 17.1. The average Bonchev–Trinajstić information content (AvgIpc) is 3.24. The first-order valence-corrected chi connectivity index (χ1v) is 13.3. The fourth-order valence-electron chi connectivity index (χ4n) is 7.96. The van der Waals surface area contributed by atoms with E-state index in [0.717, 1.165) is 0 Å². The van der Waals surface area contributed by atoms with Crippen LogP contribution in [0.4, 0.5) is 14.9 Å². The second-order valence-electron chi connectivity index (χ2n) is 11.7. The average molecular weight is 542 g/mol. The zero-order valence-electron chi connectivity index (χ0n) is 21.9. The van der Waals surface area contributed by atoms with E-state index in [1.807, 2.05) is 6.92 Å². The van der Waals surface area contributed by atoms with Crippen molar-refractivity contribution in [3.63, 3.8) is 0 Å². The standard InChI is InChI=1S/C29H32FNO8/c1-27-14-25(34)29(30)21(8-7-18-13-19(32)11-12-28(18,29)2)20(27)9-10-22(27)24(33)16-39-26(35)38-15-17-5-3-4-6-23(17)31(36)37/h3-6,11-13,20-22,25,34H,7-10,14-16H2,1-2H3/t20-,21-,22+,25?,27-,28-,29-/m0/s1. The topological polar surface area (TPSA) is 133 Å². The second kappa shape index (κ2) is 9.66. The molecule has 1 unspecified atom stereocenters. The summed E-state index contributed by atoms with van der Waals surface area (Å²) in [6.45, 7) is 2.74. The summed E-state index contributed by atoms with van der Waals surface area (Å²) in [4.78, 5) is 47.9. The third-order valence-electron chi connectivity index (χ3n) is 9.89. The summed E-state index contributed by atoms with van der Waals surface area (Å²) in [6.07, 6.45) is 4.21. The van der Waals surface area contributed by atoms with Gasteiger partial charge in [-0.15, -0.1) is 0 Å². The molecule has 9 nitrogen and oxygen atoms in total. The molecule has 1 N–H and O–H groups in total. The van der Waals surface area contributed by atoms with Crippen LogP contribution in [0.3, 0.4) is 0 Å². The third-order valence-corrected chi connectivity index (χ3v) is 9.89. The van der Waals surface area contributed by atoms with Crippen LogP contribution in [-0.4, -0.2) is 46.1 Å². The molecule has 5 rings (SSSR count). The monoisotopic (exact) mass is 541 g/mol. The lowest BCUT2D eigenvalue weighted by Crippen LogP contribution is -2.66. The summed E-state index contributed by atoms with van der Waals surface area (Å²) in [7, 11) is 0. The highest BCUT2D eigenvalue weighted by Gasteiger charge is 2.70. The molecule has 0 saturated heterocycles. The number of aliphatic hydroxyl groups excluding tert-OH is 1. The van der Waals surface area contributed by atoms with E-state index in [-0.39, 0.29) is 41.8 Å². The maximum atomic E-state index is 17.1. The van der Waals surface area contributed by atoms with Gasteiger partial charge in [0.25, 0.3) is 5.69 Å². The van der Waals surface area contributed by atoms with Crippen molar-refractivity contribution in [2.24, 2.45) is 28.6 Å². The molecule has 0 spiro atoms. The van der Waals surface area contributed by atoms with Crippen LogP contribution in [0.1, 0.15) is 51.5 Å². The minimum Gasteiger partial charge on any atom is -0.429 e. The molecular weight excluding hydrogens is 509 g/mol. The SMILES string of the molecule is C[C@]12CC(O)[C@@]3(F)[C@@H](CCC4=CC(=O)C=C[C@@]43C)[C@@H]1CC[C@@H]2C(=O)COC(=O)OCc1ccccc1[N+](=O)[O-]. The van der Waals surface area contributed by atoms with Gasteiger partial charge in [0.05, 0.1) is 16.6 Å². The van der Waals surface area contributed by atoms with E-state index in [0.29, 0.717) is 31.3 Å². The fourth-order valence-corrected chi connectivity index (χ4v) is 7.96. The lowest BCUT2D eigenvalue weighted by molar-refractivity contribution is -0.385. The Labute approximate surface area is 225 Å². The minimum atomic E-state index is -1.96. The van der Waals surface area contributed by atoms with Gasteiger partial charge in [0.15, 0.2) is 23.8 Å². The number of halogens is 1. The second-order valence-corrected chi connectivity index (χ2v) is 11.7. The molecule has 39 heavy (non-hydrogen) atoms. The van der Waals surface area contributed by atoms with Crippen molar-refractivity contribution in [2.45, 2.75) is 64.3 Å². The number of Topliss-reactive ketones (excluding diaryl/α,β-unsaturated/α-hetero) is 1. The molecule has 3 fully saturated rings. The number of hydrogen-bond donors (Lipinski definition) is 1. The molecule has 0 radical (unpaired) electrons. The van der Waals surface area contributed by atoms with Crippen molar-refractivity contribution in [3.05, 3.63) is 63.7 Å². The number of nitro groups is 1. The van der Waals surface area contributed by atoms with E-state index in [2.05, 4.69) is 0 Å². The highest BCUT2D eigenvalue weighted by atomic mass is 19.1. The fraction of sp³-hybridized carbons (Fsp3) is 0.552. The smallest absolute Gasteiger partial charge is 0.429 e. The Morgan fingerprint density at radius 3 is 2.64 bits per heavy atom. The van der Waals surface area contributed by atoms with E-state index in [4.69, 9.17) is 9.47 Å². The first-order valence-electron chi connectivity index (χ1n) is 13.3. The van der Waals surface area contributed by atoms with E-state index < -0.39 is 52.1 Å². The van der Waals surface area contributed by atoms with Gasteiger partial charge in [-0.3, -0.25) is 19.7 Å². The summed E-state index contributed by atoms with van der Waals surface area (Å²) in [5.74, 6) is -1.68. The number of benzene rings is 1. The van der Waals surface area contributed by atoms with Gasteiger partial charge in [0, 0.05) is 23.3 Å². The van der Waals surface area contributed by atoms with Crippen LogP contribution in [0.2, 0.25) is 0 Å². The molecule has 7 atom stereocenters. The first-order chi connectivity index (χ1) is 18.4. The van der Waals surface area contributed by atoms with Crippen molar-refractivity contribution >= 4 is 23.4 Å². The number of fused-ring (bicyclic) bond motifs is 5. The van der Waals surface area contributed by atoms with Gasteiger partial charge in [-0.05, 0) is 68.6 Å². The molecule has 0 aromatic heterocycles. The van der Waals surface area contributed by atoms with Crippen molar-refractivity contribution < 1.29 is 38.3 Å². The quantitative estimate of drug-likeness (QED) is 0.308. The molecule has 0 amide bonds. The lowest BCUT2D eigenvalue weighted by Gasteiger charge is -2.62. The highest BCUT2D eigenvalue weighted by molar-refractivity contribution is 6.01. The van der Waals surface area contributed by atoms with Gasteiger partial charge in [0.2, 0.25) is 0 Å². The van der Waals surface area contributed by atoms with Crippen molar-refractivity contribution in [1.29, 1.82) is 0 Å². The molecule has 10 heteroatoms. The molecule has 1 aromatic carbocycles. The Hall–Kier alpha value is -3.40. The summed E-state index contributed by atoms with van der Waals surface area (Å²) in [5.41, 5.74) is -3.03. The van der Waals surface area contributed by atoms with E-state index in [1.54, 1.807) is 19.1 Å². The highest BCUT2D eigenvalue weighted by Crippen LogP contribution is 2.68. The number of nitrogens with zero attached hydrogens (tertiary/aromatic N) is 1. The van der Waals surface area contributed by atoms with Crippen LogP contribution in [0, 0.1) is 38.7 Å². The molecule has 1 aromatic rings. The van der Waals surface area contributed by atoms with Crippen molar-refractivity contribution in [2.75, 3.05) is 6.61 Å². The molecule has 0 aliphatic heterocycles. The summed E-state index contributed by atoms with van der Waals surface area (Å²) >= 11 is 0. The molecule has 0 bridgehead atoms. The van der Waals surface area contributed by atoms with Gasteiger partial charge in [-0.25, -0.2) is 9.18 Å². The number of allylic oxidation sites excluding steroid dienone is 4. The third kappa shape index (κ3) is 4.20. The summed E-state index contributed by atoms with van der Waals surface area (Å²) in [5, 5.41) is 22.5. The van der Waals surface area contributed by atoms with E-state index in [1.165, 1.54) is 30.4 Å². The Bertz CT molecular complexity index is 1290. The maximum Gasteiger partial charge on any atom is 0.509 e. The van der Waals surface area contributed by atoms with Crippen LogP contribution in [0.25, 0.3) is 0 Å². The minimum absolute atomic E-state index is 0.0772. The van der Waals surface area contributed by atoms with Crippen molar-refractivity contribution in [1.82, 2.24) is 0 Å². The Morgan fingerprint density at radius 2 is 1.90 bits per heavy atom. The van der Waals surface area contributed by atoms with Gasteiger partial charge in [-0.2, -0.15) is 0 Å². The largest absolute Gasteiger partial charge is 0.509 e. The summed E-state index contributed by atoms with van der Waals surface area (Å²) in [6, 6.07) is 5.83. The van der Waals surface area contributed by atoms with Crippen molar-refractivity contribution in [3.8, 4) is 0 Å². The Kier molecular flexibility index (Phi) is 6.73. The predicted molar refractivity (Wildman–Crippen MR) is 136 cm³/mol. The number of nitro benzene ring substituents is 1.